The van der Waals surface area contributed by atoms with Crippen LogP contribution in [0.25, 0.3) is 0 Å². The molecule has 2 heterocycles. The molecule has 8 heteroatoms. The minimum Gasteiger partial charge on any atom is -0.467 e. The van der Waals surface area contributed by atoms with E-state index in [4.69, 9.17) is 23.7 Å². The molecule has 2 rings (SSSR count). The lowest BCUT2D eigenvalue weighted by atomic mass is 10.00. The van der Waals surface area contributed by atoms with Gasteiger partial charge < -0.3 is 29.0 Å². The van der Waals surface area contributed by atoms with Gasteiger partial charge in [0.1, 0.15) is 31.9 Å². The molecule has 1 N–H and O–H groups in total. The fourth-order valence-electron chi connectivity index (χ4n) is 3.75. The number of hydrogen-bond acceptors (Lipinski definition) is 7. The molecule has 2 saturated heterocycles. The Morgan fingerprint density at radius 2 is 1.48 bits per heavy atom. The molecule has 8 nitrogen and oxygen atoms in total. The molecule has 0 aromatic heterocycles. The summed E-state index contributed by atoms with van der Waals surface area (Å²) in [7, 11) is 1.31. The van der Waals surface area contributed by atoms with Crippen LogP contribution in [0.2, 0.25) is 0 Å². The minimum absolute atomic E-state index is 0.0103. The number of unbranched alkanes of at least 4 members (excludes halogenated alkanes) is 8. The number of methoxy groups -OCH3 is 1. The van der Waals surface area contributed by atoms with Crippen LogP contribution in [0.4, 0.5) is 0 Å². The third-order valence-corrected chi connectivity index (χ3v) is 5.48. The number of carbonyl (C=O) groups excluding carboxylic acids is 2. The lowest BCUT2D eigenvalue weighted by molar-refractivity contribution is -0.318. The highest BCUT2D eigenvalue weighted by Crippen LogP contribution is 2.26. The van der Waals surface area contributed by atoms with Gasteiger partial charge in [0.15, 0.2) is 6.10 Å². The van der Waals surface area contributed by atoms with Crippen molar-refractivity contribution in [2.75, 3.05) is 27.2 Å². The molecular formula is C21H37NO7. The van der Waals surface area contributed by atoms with Crippen molar-refractivity contribution in [1.29, 1.82) is 0 Å². The van der Waals surface area contributed by atoms with Gasteiger partial charge in [-0.3, -0.25) is 4.79 Å². The van der Waals surface area contributed by atoms with E-state index in [1.165, 1.54) is 52.1 Å². The van der Waals surface area contributed by atoms with E-state index in [0.717, 1.165) is 12.8 Å². The molecule has 4 atom stereocenters. The van der Waals surface area contributed by atoms with Crippen LogP contribution in [0.1, 0.15) is 71.1 Å². The van der Waals surface area contributed by atoms with E-state index >= 15 is 0 Å². The average Bonchev–Trinajstić information content (AvgIpc) is 2.75. The third-order valence-electron chi connectivity index (χ3n) is 5.48. The fourth-order valence-corrected chi connectivity index (χ4v) is 3.75. The molecule has 2 fully saturated rings. The van der Waals surface area contributed by atoms with Crippen molar-refractivity contribution >= 4 is 11.9 Å². The predicted octanol–water partition coefficient (Wildman–Crippen LogP) is 2.68. The normalized spacial score (nSPS) is 26.6. The van der Waals surface area contributed by atoms with Crippen LogP contribution in [0.15, 0.2) is 0 Å². The standard InChI is InChI=1S/C21H37NO7/c1-3-4-5-6-7-8-9-10-11-12-17(23)22-13-16-18-19(28-14-26-16)20(21(24)25-2)29-15-27-18/h16,18-20H,3-15H2,1-2H3,(H,22,23)/t16-,18-,19+,20-/m1/s1. The smallest absolute Gasteiger partial charge is 0.337 e. The van der Waals surface area contributed by atoms with Gasteiger partial charge in [-0.25, -0.2) is 4.79 Å². The van der Waals surface area contributed by atoms with Gasteiger partial charge in [-0.15, -0.1) is 0 Å². The Labute approximate surface area is 173 Å². The summed E-state index contributed by atoms with van der Waals surface area (Å²) in [5, 5.41) is 2.91. The minimum atomic E-state index is -0.845. The van der Waals surface area contributed by atoms with Crippen molar-refractivity contribution in [2.45, 2.75) is 95.5 Å². The molecule has 2 aliphatic rings. The first-order chi connectivity index (χ1) is 14.2. The molecule has 0 aromatic rings. The molecule has 2 aliphatic heterocycles. The second-order valence-corrected chi connectivity index (χ2v) is 7.70. The number of esters is 1. The summed E-state index contributed by atoms with van der Waals surface area (Å²) >= 11 is 0. The molecule has 1 amide bonds. The van der Waals surface area contributed by atoms with Gasteiger partial charge in [0.05, 0.1) is 7.11 Å². The van der Waals surface area contributed by atoms with Crippen LogP contribution in [0, 0.1) is 0 Å². The highest BCUT2D eigenvalue weighted by atomic mass is 16.8. The number of hydrogen-bond donors (Lipinski definition) is 1. The van der Waals surface area contributed by atoms with Crippen molar-refractivity contribution < 1.29 is 33.3 Å². The van der Waals surface area contributed by atoms with Gasteiger partial charge in [0, 0.05) is 13.0 Å². The quantitative estimate of drug-likeness (QED) is 0.365. The molecule has 0 unspecified atom stereocenters. The zero-order chi connectivity index (χ0) is 20.9. The lowest BCUT2D eigenvalue weighted by Crippen LogP contribution is -2.61. The molecule has 168 valence electrons. The van der Waals surface area contributed by atoms with Crippen LogP contribution in [0.5, 0.6) is 0 Å². The Balaban J connectivity index is 1.60. The first kappa shape index (κ1) is 24.1. The van der Waals surface area contributed by atoms with Gasteiger partial charge >= 0.3 is 5.97 Å². The molecule has 0 spiro atoms. The molecule has 0 aliphatic carbocycles. The van der Waals surface area contributed by atoms with Crippen LogP contribution in [-0.4, -0.2) is 63.5 Å². The highest BCUT2D eigenvalue weighted by molar-refractivity contribution is 5.76. The first-order valence-electron chi connectivity index (χ1n) is 11.0. The summed E-state index contributed by atoms with van der Waals surface area (Å²) in [6, 6.07) is 0. The Morgan fingerprint density at radius 3 is 2.17 bits per heavy atom. The third kappa shape index (κ3) is 8.20. The SMILES string of the molecule is CCCCCCCCCCCC(=O)NC[C@H]1OCO[C@H]2[C@@H]1OCO[C@H]2C(=O)OC. The van der Waals surface area contributed by atoms with Crippen LogP contribution in [-0.2, 0) is 33.3 Å². The van der Waals surface area contributed by atoms with E-state index in [9.17, 15) is 9.59 Å². The summed E-state index contributed by atoms with van der Waals surface area (Å²) in [5.74, 6) is -0.491. The predicted molar refractivity (Wildman–Crippen MR) is 106 cm³/mol. The summed E-state index contributed by atoms with van der Waals surface area (Å²) in [6.45, 7) is 2.51. The summed E-state index contributed by atoms with van der Waals surface area (Å²) in [6.07, 6.45) is 9.18. The van der Waals surface area contributed by atoms with Crippen LogP contribution < -0.4 is 5.32 Å². The van der Waals surface area contributed by atoms with Crippen molar-refractivity contribution in [1.82, 2.24) is 5.32 Å². The van der Waals surface area contributed by atoms with E-state index in [0.29, 0.717) is 13.0 Å². The molecule has 0 bridgehead atoms. The van der Waals surface area contributed by atoms with Crippen molar-refractivity contribution in [3.05, 3.63) is 0 Å². The maximum absolute atomic E-state index is 12.1. The van der Waals surface area contributed by atoms with Crippen molar-refractivity contribution in [2.24, 2.45) is 0 Å². The summed E-state index contributed by atoms with van der Waals surface area (Å²) < 4.78 is 26.8. The molecule has 0 saturated carbocycles. The zero-order valence-corrected chi connectivity index (χ0v) is 17.9. The van der Waals surface area contributed by atoms with Crippen molar-refractivity contribution in [3.8, 4) is 0 Å². The number of fused-ring (bicyclic) bond motifs is 1. The largest absolute Gasteiger partial charge is 0.467 e. The first-order valence-corrected chi connectivity index (χ1v) is 11.0. The average molecular weight is 416 g/mol. The Bertz CT molecular complexity index is 488. The monoisotopic (exact) mass is 415 g/mol. The van der Waals surface area contributed by atoms with Crippen LogP contribution in [0.3, 0.4) is 0 Å². The van der Waals surface area contributed by atoms with Crippen LogP contribution >= 0.6 is 0 Å². The van der Waals surface area contributed by atoms with E-state index in [1.54, 1.807) is 0 Å². The Kier molecular flexibility index (Phi) is 11.5. The fraction of sp³-hybridized carbons (Fsp3) is 0.905. The van der Waals surface area contributed by atoms with Gasteiger partial charge in [-0.05, 0) is 6.42 Å². The van der Waals surface area contributed by atoms with Gasteiger partial charge in [-0.2, -0.15) is 0 Å². The Hall–Kier alpha value is -1.22. The maximum atomic E-state index is 12.1. The Morgan fingerprint density at radius 1 is 0.862 bits per heavy atom. The highest BCUT2D eigenvalue weighted by Gasteiger charge is 2.47. The van der Waals surface area contributed by atoms with E-state index in [-0.39, 0.29) is 19.5 Å². The number of nitrogens with one attached hydrogen (secondary N) is 1. The maximum Gasteiger partial charge on any atom is 0.337 e. The molecule has 0 radical (unpaired) electrons. The lowest BCUT2D eigenvalue weighted by Gasteiger charge is -2.43. The van der Waals surface area contributed by atoms with Gasteiger partial charge in [-0.1, -0.05) is 58.3 Å². The second kappa shape index (κ2) is 13.9. The van der Waals surface area contributed by atoms with Gasteiger partial charge in [0.25, 0.3) is 0 Å². The van der Waals surface area contributed by atoms with E-state index < -0.39 is 30.4 Å². The summed E-state index contributed by atoms with van der Waals surface area (Å²) in [4.78, 5) is 24.0. The molecule has 0 aromatic carbocycles. The number of carbonyl (C=O) groups is 2. The topological polar surface area (TPSA) is 92.3 Å². The van der Waals surface area contributed by atoms with Crippen molar-refractivity contribution in [3.63, 3.8) is 0 Å². The molecular weight excluding hydrogens is 378 g/mol. The number of amides is 1. The number of rotatable bonds is 13. The van der Waals surface area contributed by atoms with E-state index in [2.05, 4.69) is 12.2 Å². The summed E-state index contributed by atoms with van der Waals surface area (Å²) in [5.41, 5.74) is 0. The van der Waals surface area contributed by atoms with Gasteiger partial charge in [0.2, 0.25) is 5.91 Å². The van der Waals surface area contributed by atoms with E-state index in [1.807, 2.05) is 0 Å². The number of ether oxygens (including phenoxy) is 5. The second-order valence-electron chi connectivity index (χ2n) is 7.70. The zero-order valence-electron chi connectivity index (χ0n) is 17.9. The molecule has 29 heavy (non-hydrogen) atoms.